The van der Waals surface area contributed by atoms with Gasteiger partial charge in [-0.1, -0.05) is 0 Å². The Labute approximate surface area is 190 Å². The molecule has 4 rings (SSSR count). The summed E-state index contributed by atoms with van der Waals surface area (Å²) in [7, 11) is 1.90. The van der Waals surface area contributed by atoms with Crippen molar-refractivity contribution in [3.63, 3.8) is 0 Å². The number of aliphatic hydroxyl groups is 1. The van der Waals surface area contributed by atoms with Gasteiger partial charge in [-0.2, -0.15) is 0 Å². The Morgan fingerprint density at radius 1 is 1.28 bits per heavy atom. The fourth-order valence-corrected chi connectivity index (χ4v) is 4.79. The number of nitrogens with zero attached hydrogens (tertiary/aromatic N) is 4. The van der Waals surface area contributed by atoms with Crippen LogP contribution in [0.3, 0.4) is 0 Å². The van der Waals surface area contributed by atoms with E-state index in [1.165, 1.54) is 11.3 Å². The van der Waals surface area contributed by atoms with E-state index in [1.807, 2.05) is 24.7 Å². The number of rotatable bonds is 8. The number of aromatic nitrogens is 4. The maximum Gasteiger partial charge on any atom is 0.204 e. The Morgan fingerprint density at radius 2 is 2.12 bits per heavy atom. The molecule has 0 aromatic carbocycles. The third-order valence-electron chi connectivity index (χ3n) is 5.41. The Hall–Kier alpha value is -3.33. The molecule has 0 saturated heterocycles. The molecule has 0 bridgehead atoms. The topological polar surface area (TPSA) is 110 Å². The molecule has 3 aromatic heterocycles. The number of ketones is 2. The Bertz CT molecular complexity index is 1180. The highest BCUT2D eigenvalue weighted by molar-refractivity contribution is 7.14. The van der Waals surface area contributed by atoms with Gasteiger partial charge in [-0.3, -0.25) is 9.59 Å². The van der Waals surface area contributed by atoms with Crippen LogP contribution in [0.2, 0.25) is 0 Å². The highest BCUT2D eigenvalue weighted by Gasteiger charge is 2.29. The van der Waals surface area contributed by atoms with Crippen LogP contribution in [0, 0.1) is 0 Å². The molecule has 1 aliphatic rings. The van der Waals surface area contributed by atoms with Crippen molar-refractivity contribution in [2.45, 2.75) is 39.0 Å². The number of pyridine rings is 1. The number of nitrogens with one attached hydrogen (secondary N) is 1. The average molecular weight is 452 g/mol. The van der Waals surface area contributed by atoms with Gasteiger partial charge < -0.3 is 15.0 Å². The predicted molar refractivity (Wildman–Crippen MR) is 123 cm³/mol. The highest BCUT2D eigenvalue weighted by Crippen LogP contribution is 2.33. The van der Waals surface area contributed by atoms with Crippen LogP contribution in [0.4, 0.5) is 5.82 Å². The van der Waals surface area contributed by atoms with Crippen LogP contribution in [-0.2, 0) is 31.1 Å². The fraction of sp³-hybridized carbons (Fsp3) is 0.348. The molecular formula is C23H25N5O3S. The van der Waals surface area contributed by atoms with E-state index in [-0.39, 0.29) is 23.7 Å². The molecule has 32 heavy (non-hydrogen) atoms. The minimum atomic E-state index is -0.219. The molecular weight excluding hydrogens is 426 g/mol. The number of allylic oxidation sites excluding steroid dienone is 1. The Kier molecular flexibility index (Phi) is 6.45. The number of aryl methyl sites for hydroxylation is 3. The highest BCUT2D eigenvalue weighted by atomic mass is 32.1. The van der Waals surface area contributed by atoms with Crippen molar-refractivity contribution >= 4 is 34.5 Å². The lowest BCUT2D eigenvalue weighted by Gasteiger charge is -2.14. The number of aliphatic hydroxyl groups excluding tert-OH is 1. The molecule has 0 unspecified atom stereocenters. The zero-order chi connectivity index (χ0) is 22.7. The maximum atomic E-state index is 13.0. The van der Waals surface area contributed by atoms with Crippen LogP contribution in [0.15, 0.2) is 36.3 Å². The van der Waals surface area contributed by atoms with Gasteiger partial charge in [-0.15, -0.1) is 11.3 Å². The van der Waals surface area contributed by atoms with Crippen LogP contribution in [0.5, 0.6) is 0 Å². The zero-order valence-electron chi connectivity index (χ0n) is 18.1. The normalized spacial score (nSPS) is 14.9. The molecule has 3 heterocycles. The van der Waals surface area contributed by atoms with E-state index in [1.54, 1.807) is 24.5 Å². The monoisotopic (exact) mass is 451 g/mol. The van der Waals surface area contributed by atoms with Gasteiger partial charge in [0.1, 0.15) is 28.2 Å². The number of fused-ring (bicyclic) bond motifs is 1. The minimum Gasteiger partial charge on any atom is -0.507 e. The zero-order valence-corrected chi connectivity index (χ0v) is 18.9. The Morgan fingerprint density at radius 3 is 2.81 bits per heavy atom. The number of thiazole rings is 1. The largest absolute Gasteiger partial charge is 0.507 e. The van der Waals surface area contributed by atoms with Gasteiger partial charge in [-0.25, -0.2) is 15.0 Å². The molecule has 0 atom stereocenters. The molecule has 3 aromatic rings. The lowest BCUT2D eigenvalue weighted by molar-refractivity contribution is -0.118. The van der Waals surface area contributed by atoms with Crippen molar-refractivity contribution < 1.29 is 14.7 Å². The molecule has 166 valence electrons. The Balaban J connectivity index is 1.46. The molecule has 0 amide bonds. The van der Waals surface area contributed by atoms with Crippen molar-refractivity contribution in [2.75, 3.05) is 11.9 Å². The number of imidazole rings is 1. The number of hydrogen-bond acceptors (Lipinski definition) is 8. The van der Waals surface area contributed by atoms with E-state index in [0.29, 0.717) is 58.2 Å². The first-order valence-corrected chi connectivity index (χ1v) is 11.4. The molecule has 0 saturated carbocycles. The van der Waals surface area contributed by atoms with Crippen molar-refractivity contribution in [3.05, 3.63) is 63.3 Å². The van der Waals surface area contributed by atoms with E-state index in [0.717, 1.165) is 12.4 Å². The quantitative estimate of drug-likeness (QED) is 0.398. The summed E-state index contributed by atoms with van der Waals surface area (Å²) in [6, 6.07) is 3.52. The summed E-state index contributed by atoms with van der Waals surface area (Å²) in [5, 5.41) is 14.5. The van der Waals surface area contributed by atoms with E-state index in [2.05, 4.69) is 20.3 Å². The predicted octanol–water partition coefficient (Wildman–Crippen LogP) is 3.55. The van der Waals surface area contributed by atoms with Gasteiger partial charge >= 0.3 is 0 Å². The fourth-order valence-electron chi connectivity index (χ4n) is 3.68. The summed E-state index contributed by atoms with van der Waals surface area (Å²) in [5.74, 6) is 1.38. The third-order valence-corrected chi connectivity index (χ3v) is 6.51. The van der Waals surface area contributed by atoms with Crippen molar-refractivity contribution in [1.29, 1.82) is 0 Å². The summed E-state index contributed by atoms with van der Waals surface area (Å²) in [6.45, 7) is 2.73. The first-order valence-electron chi connectivity index (χ1n) is 10.6. The summed E-state index contributed by atoms with van der Waals surface area (Å²) in [4.78, 5) is 39.0. The number of Topliss-reactive ketones (excluding diaryl/α,β-unsaturated/α-hetero) is 2. The number of anilines is 1. The molecule has 9 heteroatoms. The standard InChI is InChI=1S/C23H25N5O3S/c1-3-24-18-8-4-14(13-26-18)21(30)16-6-7-17-23(22(16)31)32-20(27-17)12-15(29)5-9-19-25-10-11-28(19)2/h4,8,10-11,13,30H,3,5-7,9,12H2,1-2H3,(H,24,26)/b21-16-. The smallest absolute Gasteiger partial charge is 0.204 e. The van der Waals surface area contributed by atoms with Crippen LogP contribution < -0.4 is 5.32 Å². The molecule has 8 nitrogen and oxygen atoms in total. The maximum absolute atomic E-state index is 13.0. The molecule has 0 spiro atoms. The first kappa shape index (κ1) is 21.9. The SMILES string of the molecule is CCNc1ccc(/C(O)=C2\CCc3nc(CC(=O)CCc4nccn4C)sc3C2=O)cn1. The summed E-state index contributed by atoms with van der Waals surface area (Å²) >= 11 is 1.25. The van der Waals surface area contributed by atoms with E-state index in [4.69, 9.17) is 0 Å². The van der Waals surface area contributed by atoms with Crippen molar-refractivity contribution in [3.8, 4) is 0 Å². The van der Waals surface area contributed by atoms with Crippen molar-refractivity contribution in [1.82, 2.24) is 19.5 Å². The van der Waals surface area contributed by atoms with E-state index >= 15 is 0 Å². The van der Waals surface area contributed by atoms with Crippen LogP contribution in [0.25, 0.3) is 5.76 Å². The van der Waals surface area contributed by atoms with Crippen LogP contribution >= 0.6 is 11.3 Å². The number of carbonyl (C=O) groups is 2. The molecule has 0 aliphatic heterocycles. The summed E-state index contributed by atoms with van der Waals surface area (Å²) < 4.78 is 1.90. The van der Waals surface area contributed by atoms with Crippen molar-refractivity contribution in [2.24, 2.45) is 7.05 Å². The van der Waals surface area contributed by atoms with Crippen LogP contribution in [-0.4, -0.2) is 42.7 Å². The van der Waals surface area contributed by atoms with Gasteiger partial charge in [-0.05, 0) is 31.9 Å². The van der Waals surface area contributed by atoms with Gasteiger partial charge in [0, 0.05) is 56.2 Å². The van der Waals surface area contributed by atoms with E-state index in [9.17, 15) is 14.7 Å². The second-order valence-electron chi connectivity index (χ2n) is 7.67. The van der Waals surface area contributed by atoms with Crippen LogP contribution in [0.1, 0.15) is 51.5 Å². The molecule has 0 fully saturated rings. The molecule has 1 aliphatic carbocycles. The lowest BCUT2D eigenvalue weighted by Crippen LogP contribution is -2.14. The van der Waals surface area contributed by atoms with Gasteiger partial charge in [0.2, 0.25) is 5.78 Å². The summed E-state index contributed by atoms with van der Waals surface area (Å²) in [6.07, 6.45) is 7.25. The third kappa shape index (κ3) is 4.62. The second-order valence-corrected chi connectivity index (χ2v) is 8.76. The van der Waals surface area contributed by atoms with Gasteiger partial charge in [0.25, 0.3) is 0 Å². The number of carbonyl (C=O) groups excluding carboxylic acids is 2. The van der Waals surface area contributed by atoms with Gasteiger partial charge in [0.15, 0.2) is 0 Å². The van der Waals surface area contributed by atoms with E-state index < -0.39 is 0 Å². The second kappa shape index (κ2) is 9.44. The molecule has 0 radical (unpaired) electrons. The average Bonchev–Trinajstić information content (AvgIpc) is 3.39. The minimum absolute atomic E-state index is 0.0442. The lowest BCUT2D eigenvalue weighted by atomic mass is 9.93. The van der Waals surface area contributed by atoms with Gasteiger partial charge in [0.05, 0.1) is 17.0 Å². The first-order chi connectivity index (χ1) is 15.5. The number of hydrogen-bond donors (Lipinski definition) is 2. The molecule has 2 N–H and O–H groups in total. The summed E-state index contributed by atoms with van der Waals surface area (Å²) in [5.41, 5.74) is 1.59.